The highest BCUT2D eigenvalue weighted by atomic mass is 16.6. The van der Waals surface area contributed by atoms with Gasteiger partial charge in [0.05, 0.1) is 0 Å². The quantitative estimate of drug-likeness (QED) is 0.0261. The van der Waals surface area contributed by atoms with Gasteiger partial charge in [-0.2, -0.15) is 0 Å². The Hall–Kier alpha value is -2.37. The van der Waals surface area contributed by atoms with Gasteiger partial charge in [-0.1, -0.05) is 301 Å². The lowest BCUT2D eigenvalue weighted by Gasteiger charge is -2.18. The Morgan fingerprint density at radius 2 is 0.486 bits per heavy atom. The van der Waals surface area contributed by atoms with Crippen molar-refractivity contribution in [3.63, 3.8) is 0 Å². The molecule has 1 unspecified atom stereocenters. The van der Waals surface area contributed by atoms with E-state index in [1.165, 1.54) is 250 Å². The average molecular weight is 1040 g/mol. The Balaban J connectivity index is 4.26. The summed E-state index contributed by atoms with van der Waals surface area (Å²) in [7, 11) is 0. The van der Waals surface area contributed by atoms with Gasteiger partial charge >= 0.3 is 17.9 Å². The first-order valence-corrected chi connectivity index (χ1v) is 33.0. The van der Waals surface area contributed by atoms with Crippen LogP contribution in [-0.4, -0.2) is 37.2 Å². The van der Waals surface area contributed by atoms with Gasteiger partial charge in [-0.05, 0) is 77.0 Å². The molecule has 0 saturated carbocycles. The van der Waals surface area contributed by atoms with E-state index in [4.69, 9.17) is 14.2 Å². The summed E-state index contributed by atoms with van der Waals surface area (Å²) in [5.41, 5.74) is 0. The zero-order valence-corrected chi connectivity index (χ0v) is 49.9. The van der Waals surface area contributed by atoms with Gasteiger partial charge < -0.3 is 14.2 Å². The molecule has 0 aromatic carbocycles. The van der Waals surface area contributed by atoms with Crippen molar-refractivity contribution >= 4 is 17.9 Å². The van der Waals surface area contributed by atoms with E-state index in [-0.39, 0.29) is 31.1 Å². The first-order chi connectivity index (χ1) is 36.5. The molecule has 0 fully saturated rings. The SMILES string of the molecule is CCCCCCC/C=C\C/C=C\CCCCCCCCCCCCCCCC(=O)OCC(COC(=O)CCCCCCC/C=C\CCCCCCC)OC(=O)CCCCCCCCCCCCCCCCCCC. The van der Waals surface area contributed by atoms with Crippen molar-refractivity contribution in [3.05, 3.63) is 36.5 Å². The van der Waals surface area contributed by atoms with Crippen LogP contribution in [0.15, 0.2) is 36.5 Å². The Kier molecular flexibility index (Phi) is 61.1. The van der Waals surface area contributed by atoms with Crippen molar-refractivity contribution in [1.29, 1.82) is 0 Å². The van der Waals surface area contributed by atoms with Gasteiger partial charge in [0.15, 0.2) is 6.10 Å². The minimum atomic E-state index is -0.773. The number of unbranched alkanes of at least 4 members (excludes halogenated alkanes) is 44. The number of allylic oxidation sites excluding steroid dienone is 6. The summed E-state index contributed by atoms with van der Waals surface area (Å²) in [5.74, 6) is -0.855. The number of rotatable bonds is 61. The third-order valence-corrected chi connectivity index (χ3v) is 14.9. The van der Waals surface area contributed by atoms with Crippen LogP contribution in [0.4, 0.5) is 0 Å². The molecule has 0 aromatic heterocycles. The van der Waals surface area contributed by atoms with Crippen molar-refractivity contribution in [2.75, 3.05) is 13.2 Å². The van der Waals surface area contributed by atoms with Crippen molar-refractivity contribution in [2.45, 2.75) is 367 Å². The van der Waals surface area contributed by atoms with Gasteiger partial charge in [0, 0.05) is 19.3 Å². The summed E-state index contributed by atoms with van der Waals surface area (Å²) in [6, 6.07) is 0. The van der Waals surface area contributed by atoms with Gasteiger partial charge in [0.2, 0.25) is 0 Å². The second-order valence-corrected chi connectivity index (χ2v) is 22.4. The third kappa shape index (κ3) is 60.5. The van der Waals surface area contributed by atoms with E-state index in [1.807, 2.05) is 0 Å². The standard InChI is InChI=1S/C68H126O6/c1-4-7-10-13-16-19-22-25-28-30-31-32-33-34-35-36-37-39-40-43-46-49-52-55-58-61-67(70)73-64-65(63-72-66(69)60-57-54-51-48-45-42-27-24-21-18-15-12-9-6-3)74-68(71)62-59-56-53-50-47-44-41-38-29-26-23-20-17-14-11-8-5-2/h22,24-25,27,30-31,65H,4-21,23,26,28-29,32-64H2,1-3H3/b25-22-,27-24-,31-30-. The molecule has 6 heteroatoms. The fourth-order valence-electron chi connectivity index (χ4n) is 9.88. The summed E-state index contributed by atoms with van der Waals surface area (Å²) < 4.78 is 16.9. The third-order valence-electron chi connectivity index (χ3n) is 14.9. The Labute approximate surface area is 461 Å². The van der Waals surface area contributed by atoms with Crippen LogP contribution in [0.2, 0.25) is 0 Å². The number of hydrogen-bond acceptors (Lipinski definition) is 6. The van der Waals surface area contributed by atoms with Gasteiger partial charge in [-0.25, -0.2) is 0 Å². The fourth-order valence-corrected chi connectivity index (χ4v) is 9.88. The molecule has 0 bridgehead atoms. The highest BCUT2D eigenvalue weighted by molar-refractivity contribution is 5.71. The molecule has 0 saturated heterocycles. The molecule has 74 heavy (non-hydrogen) atoms. The lowest BCUT2D eigenvalue weighted by atomic mass is 10.0. The molecule has 0 spiro atoms. The molecule has 0 heterocycles. The van der Waals surface area contributed by atoms with Crippen LogP contribution in [0.3, 0.4) is 0 Å². The number of hydrogen-bond donors (Lipinski definition) is 0. The van der Waals surface area contributed by atoms with Gasteiger partial charge in [-0.15, -0.1) is 0 Å². The second kappa shape index (κ2) is 63.2. The molecule has 0 aliphatic carbocycles. The molecule has 1 atom stereocenters. The predicted molar refractivity (Wildman–Crippen MR) is 321 cm³/mol. The van der Waals surface area contributed by atoms with E-state index in [0.29, 0.717) is 19.3 Å². The summed E-state index contributed by atoms with van der Waals surface area (Å²) in [4.78, 5) is 38.3. The Morgan fingerprint density at radius 1 is 0.270 bits per heavy atom. The van der Waals surface area contributed by atoms with Gasteiger partial charge in [0.1, 0.15) is 13.2 Å². The maximum Gasteiger partial charge on any atom is 0.306 e. The highest BCUT2D eigenvalue weighted by Crippen LogP contribution is 2.18. The number of carbonyl (C=O) groups is 3. The molecule has 0 aliphatic rings. The first kappa shape index (κ1) is 71.6. The van der Waals surface area contributed by atoms with E-state index >= 15 is 0 Å². The zero-order chi connectivity index (χ0) is 53.6. The number of ether oxygens (including phenoxy) is 3. The molecule has 0 radical (unpaired) electrons. The van der Waals surface area contributed by atoms with Crippen molar-refractivity contribution in [3.8, 4) is 0 Å². The van der Waals surface area contributed by atoms with Crippen LogP contribution in [0.25, 0.3) is 0 Å². The summed E-state index contributed by atoms with van der Waals surface area (Å²) in [6.45, 7) is 6.68. The van der Waals surface area contributed by atoms with E-state index in [9.17, 15) is 14.4 Å². The summed E-state index contributed by atoms with van der Waals surface area (Å²) >= 11 is 0. The number of carbonyl (C=O) groups excluding carboxylic acids is 3. The van der Waals surface area contributed by atoms with Gasteiger partial charge in [-0.3, -0.25) is 14.4 Å². The van der Waals surface area contributed by atoms with E-state index < -0.39 is 6.10 Å². The summed E-state index contributed by atoms with van der Waals surface area (Å²) in [5, 5.41) is 0. The van der Waals surface area contributed by atoms with Crippen LogP contribution in [0.5, 0.6) is 0 Å². The van der Waals surface area contributed by atoms with Crippen LogP contribution in [0.1, 0.15) is 361 Å². The van der Waals surface area contributed by atoms with Crippen LogP contribution < -0.4 is 0 Å². The lowest BCUT2D eigenvalue weighted by molar-refractivity contribution is -0.167. The molecule has 0 aromatic rings. The maximum atomic E-state index is 12.9. The molecular formula is C68H126O6. The fraction of sp³-hybridized carbons (Fsp3) is 0.868. The lowest BCUT2D eigenvalue weighted by Crippen LogP contribution is -2.30. The van der Waals surface area contributed by atoms with Crippen LogP contribution in [0, 0.1) is 0 Å². The predicted octanol–water partition coefficient (Wildman–Crippen LogP) is 22.4. The van der Waals surface area contributed by atoms with Crippen LogP contribution >= 0.6 is 0 Å². The summed E-state index contributed by atoms with van der Waals surface area (Å²) in [6.07, 6.45) is 77.2. The molecule has 434 valence electrons. The molecule has 0 N–H and O–H groups in total. The second-order valence-electron chi connectivity index (χ2n) is 22.4. The van der Waals surface area contributed by atoms with E-state index in [1.54, 1.807) is 0 Å². The molecule has 0 aliphatic heterocycles. The molecular weight excluding hydrogens is 913 g/mol. The van der Waals surface area contributed by atoms with Crippen molar-refractivity contribution < 1.29 is 28.6 Å². The van der Waals surface area contributed by atoms with E-state index in [0.717, 1.165) is 70.6 Å². The minimum Gasteiger partial charge on any atom is -0.462 e. The van der Waals surface area contributed by atoms with Crippen molar-refractivity contribution in [2.24, 2.45) is 0 Å². The Bertz CT molecular complexity index is 1240. The van der Waals surface area contributed by atoms with Crippen molar-refractivity contribution in [1.82, 2.24) is 0 Å². The molecule has 0 rings (SSSR count). The molecule has 6 nitrogen and oxygen atoms in total. The minimum absolute atomic E-state index is 0.0704. The maximum absolute atomic E-state index is 12.9. The Morgan fingerprint density at radius 3 is 0.757 bits per heavy atom. The smallest absolute Gasteiger partial charge is 0.306 e. The topological polar surface area (TPSA) is 78.9 Å². The highest BCUT2D eigenvalue weighted by Gasteiger charge is 2.19. The van der Waals surface area contributed by atoms with E-state index in [2.05, 4.69) is 57.2 Å². The zero-order valence-electron chi connectivity index (χ0n) is 49.9. The van der Waals surface area contributed by atoms with Crippen LogP contribution in [-0.2, 0) is 28.6 Å². The monoisotopic (exact) mass is 1040 g/mol. The normalized spacial score (nSPS) is 12.2. The van der Waals surface area contributed by atoms with Gasteiger partial charge in [0.25, 0.3) is 0 Å². The average Bonchev–Trinajstić information content (AvgIpc) is 3.40. The number of esters is 3. The molecule has 0 amide bonds. The largest absolute Gasteiger partial charge is 0.462 e. The first-order valence-electron chi connectivity index (χ1n) is 33.0.